The number of anilines is 2. The van der Waals surface area contributed by atoms with Crippen LogP contribution in [0.1, 0.15) is 18.9 Å². The highest BCUT2D eigenvalue weighted by atomic mass is 16.5. The third kappa shape index (κ3) is 5.02. The summed E-state index contributed by atoms with van der Waals surface area (Å²) in [6.07, 6.45) is 13.0. The summed E-state index contributed by atoms with van der Waals surface area (Å²) in [7, 11) is 3.35. The summed E-state index contributed by atoms with van der Waals surface area (Å²) in [4.78, 5) is 13.7. The molecule has 0 amide bonds. The van der Waals surface area contributed by atoms with E-state index in [4.69, 9.17) is 19.2 Å². The highest BCUT2D eigenvalue weighted by Crippen LogP contribution is 2.34. The van der Waals surface area contributed by atoms with E-state index in [2.05, 4.69) is 57.5 Å². The van der Waals surface area contributed by atoms with Crippen molar-refractivity contribution in [2.75, 3.05) is 50.7 Å². The molecule has 1 saturated heterocycles. The van der Waals surface area contributed by atoms with Crippen LogP contribution >= 0.6 is 0 Å². The van der Waals surface area contributed by atoms with Gasteiger partial charge in [-0.2, -0.15) is 0 Å². The molecule has 1 aromatic heterocycles. The van der Waals surface area contributed by atoms with Crippen LogP contribution in [-0.4, -0.2) is 56.2 Å². The predicted octanol–water partition coefficient (Wildman–Crippen LogP) is 4.50. The molecule has 1 N–H and O–H groups in total. The molecule has 1 atom stereocenters. The Balaban J connectivity index is 1.49. The smallest absolute Gasteiger partial charge is 0.155 e. The van der Waals surface area contributed by atoms with Gasteiger partial charge in [0.1, 0.15) is 11.5 Å². The maximum absolute atomic E-state index is 5.75. The molecule has 1 aromatic carbocycles. The number of allylic oxidation sites excluding steroid dienone is 2. The van der Waals surface area contributed by atoms with Gasteiger partial charge >= 0.3 is 0 Å². The minimum atomic E-state index is 0.442. The first-order valence-electron chi connectivity index (χ1n) is 11.9. The standard InChI is InChI=1S/C27H31N5O3/c1-19-4-6-25-27(29-21-5-7-24(26(15-21)34-3)31-10-12-35-13-11-31)30-23(18-32(25)9-8-19)20-14-22(33-2)17-28-16-20/h5-9,14-19H,4,10-13H2,1-3H3,(H,29,30). The molecular formula is C27H31N5O3. The fourth-order valence-corrected chi connectivity index (χ4v) is 4.33. The summed E-state index contributed by atoms with van der Waals surface area (Å²) in [5.41, 5.74) is 4.68. The second-order valence-electron chi connectivity index (χ2n) is 8.75. The van der Waals surface area contributed by atoms with Gasteiger partial charge < -0.3 is 29.3 Å². The molecule has 5 rings (SSSR count). The van der Waals surface area contributed by atoms with Crippen molar-refractivity contribution in [3.05, 3.63) is 72.5 Å². The lowest BCUT2D eigenvalue weighted by molar-refractivity contribution is 0.122. The molecule has 0 saturated carbocycles. The Labute approximate surface area is 206 Å². The maximum atomic E-state index is 5.75. The van der Waals surface area contributed by atoms with E-state index in [0.29, 0.717) is 11.7 Å². The molecular weight excluding hydrogens is 442 g/mol. The van der Waals surface area contributed by atoms with Gasteiger partial charge in [-0.15, -0.1) is 0 Å². The number of ether oxygens (including phenoxy) is 3. The number of amidine groups is 1. The number of rotatable bonds is 5. The van der Waals surface area contributed by atoms with E-state index < -0.39 is 0 Å². The van der Waals surface area contributed by atoms with E-state index in [1.54, 1.807) is 26.6 Å². The molecule has 0 radical (unpaired) electrons. The Bertz CT molecular complexity index is 1200. The van der Waals surface area contributed by atoms with E-state index in [9.17, 15) is 0 Å². The highest BCUT2D eigenvalue weighted by Gasteiger charge is 2.23. The number of hydrogen-bond donors (Lipinski definition) is 1. The normalized spacial score (nSPS) is 19.7. The van der Waals surface area contributed by atoms with Crippen molar-refractivity contribution < 1.29 is 14.2 Å². The monoisotopic (exact) mass is 473 g/mol. The van der Waals surface area contributed by atoms with Gasteiger partial charge in [0.15, 0.2) is 5.84 Å². The molecule has 1 unspecified atom stereocenters. The van der Waals surface area contributed by atoms with Crippen molar-refractivity contribution in [1.82, 2.24) is 9.88 Å². The minimum Gasteiger partial charge on any atom is -0.495 e. The average molecular weight is 474 g/mol. The third-order valence-corrected chi connectivity index (χ3v) is 6.31. The van der Waals surface area contributed by atoms with Gasteiger partial charge in [-0.25, -0.2) is 4.99 Å². The molecule has 0 aliphatic carbocycles. The van der Waals surface area contributed by atoms with Crippen LogP contribution in [0.4, 0.5) is 11.4 Å². The van der Waals surface area contributed by atoms with E-state index in [1.807, 2.05) is 18.3 Å². The van der Waals surface area contributed by atoms with Gasteiger partial charge in [-0.05, 0) is 30.5 Å². The number of fused-ring (bicyclic) bond motifs is 1. The molecule has 0 bridgehead atoms. The molecule has 8 heteroatoms. The first-order valence-corrected chi connectivity index (χ1v) is 11.9. The molecule has 8 nitrogen and oxygen atoms in total. The van der Waals surface area contributed by atoms with Crippen molar-refractivity contribution in [3.8, 4) is 11.5 Å². The quantitative estimate of drug-likeness (QED) is 0.686. The van der Waals surface area contributed by atoms with Crippen LogP contribution in [0, 0.1) is 5.92 Å². The Kier molecular flexibility index (Phi) is 6.72. The Morgan fingerprint density at radius 1 is 1.09 bits per heavy atom. The van der Waals surface area contributed by atoms with Crippen LogP contribution in [0.5, 0.6) is 11.5 Å². The summed E-state index contributed by atoms with van der Waals surface area (Å²) in [6.45, 7) is 5.37. The van der Waals surface area contributed by atoms with E-state index in [1.165, 1.54) is 0 Å². The van der Waals surface area contributed by atoms with Crippen molar-refractivity contribution in [2.45, 2.75) is 13.3 Å². The first kappa shape index (κ1) is 23.0. The summed E-state index contributed by atoms with van der Waals surface area (Å²) < 4.78 is 16.6. The lowest BCUT2D eigenvalue weighted by atomic mass is 10.1. The van der Waals surface area contributed by atoms with Crippen molar-refractivity contribution in [3.63, 3.8) is 0 Å². The number of benzene rings is 1. The predicted molar refractivity (Wildman–Crippen MR) is 139 cm³/mol. The highest BCUT2D eigenvalue weighted by molar-refractivity contribution is 6.11. The largest absolute Gasteiger partial charge is 0.495 e. The Morgan fingerprint density at radius 2 is 1.94 bits per heavy atom. The number of methoxy groups -OCH3 is 2. The molecule has 182 valence electrons. The second kappa shape index (κ2) is 10.2. The van der Waals surface area contributed by atoms with Crippen LogP contribution in [0.2, 0.25) is 0 Å². The fourth-order valence-electron chi connectivity index (χ4n) is 4.33. The van der Waals surface area contributed by atoms with Crippen LogP contribution in [0.3, 0.4) is 0 Å². The van der Waals surface area contributed by atoms with Gasteiger partial charge in [0.2, 0.25) is 0 Å². The number of aliphatic imine (C=N–C) groups is 1. The number of nitrogens with one attached hydrogen (secondary N) is 1. The number of morpholine rings is 1. The molecule has 0 spiro atoms. The van der Waals surface area contributed by atoms with Crippen molar-refractivity contribution in [2.24, 2.45) is 10.9 Å². The van der Waals surface area contributed by atoms with Gasteiger partial charge in [0.05, 0.1) is 50.7 Å². The molecule has 1 fully saturated rings. The zero-order valence-corrected chi connectivity index (χ0v) is 20.4. The Morgan fingerprint density at radius 3 is 2.74 bits per heavy atom. The van der Waals surface area contributed by atoms with E-state index >= 15 is 0 Å². The van der Waals surface area contributed by atoms with Gasteiger partial charge in [0.25, 0.3) is 0 Å². The summed E-state index contributed by atoms with van der Waals surface area (Å²) in [5.74, 6) is 2.72. The summed E-state index contributed by atoms with van der Waals surface area (Å²) in [5, 5.41) is 3.55. The molecule has 2 aromatic rings. The van der Waals surface area contributed by atoms with Crippen LogP contribution < -0.4 is 19.7 Å². The maximum Gasteiger partial charge on any atom is 0.155 e. The average Bonchev–Trinajstić information content (AvgIpc) is 3.10. The number of nitrogens with zero attached hydrogens (tertiary/aromatic N) is 4. The lowest BCUT2D eigenvalue weighted by Gasteiger charge is -2.30. The number of hydrogen-bond acceptors (Lipinski definition) is 8. The number of pyridine rings is 1. The third-order valence-electron chi connectivity index (χ3n) is 6.31. The summed E-state index contributed by atoms with van der Waals surface area (Å²) >= 11 is 0. The number of aromatic nitrogens is 1. The SMILES string of the molecule is COc1cncc(C2=CN3C=CC(C)CC=C3C(Nc3ccc(N4CCOCC4)c(OC)c3)=N2)c1. The molecule has 4 heterocycles. The minimum absolute atomic E-state index is 0.442. The molecule has 3 aliphatic heterocycles. The van der Waals surface area contributed by atoms with Crippen molar-refractivity contribution in [1.29, 1.82) is 0 Å². The van der Waals surface area contributed by atoms with Crippen molar-refractivity contribution >= 4 is 22.9 Å². The lowest BCUT2D eigenvalue weighted by Crippen LogP contribution is -2.36. The zero-order valence-electron chi connectivity index (χ0n) is 20.4. The van der Waals surface area contributed by atoms with E-state index in [0.717, 1.165) is 72.6 Å². The van der Waals surface area contributed by atoms with E-state index in [-0.39, 0.29) is 0 Å². The fraction of sp³-hybridized carbons (Fsp3) is 0.333. The van der Waals surface area contributed by atoms with Gasteiger partial charge in [-0.3, -0.25) is 4.98 Å². The van der Waals surface area contributed by atoms with Crippen LogP contribution in [0.15, 0.2) is 71.9 Å². The van der Waals surface area contributed by atoms with Crippen LogP contribution in [0.25, 0.3) is 5.70 Å². The van der Waals surface area contributed by atoms with Crippen LogP contribution in [-0.2, 0) is 4.74 Å². The second-order valence-corrected chi connectivity index (χ2v) is 8.75. The van der Waals surface area contributed by atoms with Gasteiger partial charge in [-0.1, -0.05) is 19.1 Å². The molecule has 35 heavy (non-hydrogen) atoms. The summed E-state index contributed by atoms with van der Waals surface area (Å²) in [6, 6.07) is 8.14. The molecule has 3 aliphatic rings. The van der Waals surface area contributed by atoms with Gasteiger partial charge in [0, 0.05) is 49.0 Å². The first-order chi connectivity index (χ1) is 17.1. The Hall–Kier alpha value is -3.78. The zero-order chi connectivity index (χ0) is 24.2. The topological polar surface area (TPSA) is 71.5 Å².